The van der Waals surface area contributed by atoms with Crippen LogP contribution in [0.4, 0.5) is 0 Å². The molecule has 0 amide bonds. The average Bonchev–Trinajstić information content (AvgIpc) is 3.03. The molecular formula is C16H19N3O. The smallest absolute Gasteiger partial charge is 0.138 e. The molecule has 4 heteroatoms. The van der Waals surface area contributed by atoms with Gasteiger partial charge in [0.05, 0.1) is 5.52 Å². The summed E-state index contributed by atoms with van der Waals surface area (Å²) in [6, 6.07) is 8.27. The molecule has 0 fully saturated rings. The summed E-state index contributed by atoms with van der Waals surface area (Å²) in [6.07, 6.45) is 3.06. The molecule has 1 aliphatic heterocycles. The van der Waals surface area contributed by atoms with Gasteiger partial charge in [-0.1, -0.05) is 24.8 Å². The van der Waals surface area contributed by atoms with Gasteiger partial charge in [-0.25, -0.2) is 0 Å². The highest BCUT2D eigenvalue weighted by Crippen LogP contribution is 2.31. The van der Waals surface area contributed by atoms with E-state index in [4.69, 9.17) is 0 Å². The van der Waals surface area contributed by atoms with Crippen molar-refractivity contribution in [1.29, 1.82) is 0 Å². The molecule has 1 aliphatic rings. The van der Waals surface area contributed by atoms with Crippen LogP contribution < -0.4 is 5.32 Å². The summed E-state index contributed by atoms with van der Waals surface area (Å²) < 4.78 is 2.31. The molecule has 0 bridgehead atoms. The number of nitrogens with zero attached hydrogens (tertiary/aromatic N) is 2. The summed E-state index contributed by atoms with van der Waals surface area (Å²) in [5, 5.41) is 14.7. The molecule has 2 aromatic rings. The third-order valence-corrected chi connectivity index (χ3v) is 3.90. The Bertz CT molecular complexity index is 684. The van der Waals surface area contributed by atoms with Crippen molar-refractivity contribution in [3.63, 3.8) is 0 Å². The van der Waals surface area contributed by atoms with Gasteiger partial charge in [0.2, 0.25) is 0 Å². The topological polar surface area (TPSA) is 49.6 Å². The number of aryl methyl sites for hydroxylation is 2. The maximum absolute atomic E-state index is 10.6. The molecule has 1 aromatic heterocycles. The fourth-order valence-electron chi connectivity index (χ4n) is 3.03. The van der Waals surface area contributed by atoms with Gasteiger partial charge in [0, 0.05) is 30.2 Å². The van der Waals surface area contributed by atoms with Gasteiger partial charge >= 0.3 is 0 Å². The van der Waals surface area contributed by atoms with Crippen LogP contribution in [0.25, 0.3) is 10.9 Å². The quantitative estimate of drug-likeness (QED) is 0.664. The van der Waals surface area contributed by atoms with Crippen molar-refractivity contribution in [2.24, 2.45) is 4.99 Å². The zero-order valence-corrected chi connectivity index (χ0v) is 11.6. The molecule has 0 radical (unpaired) electrons. The number of hydrogen-bond donors (Lipinski definition) is 2. The standard InChI is InChI=1S/C16H19N3O/c1-3-18-16(17-2)15(20)13-8-4-6-11-10-12-7-5-9-19(12)14(11)13/h3-4,6,8,10,15,20H,1,5,7,9H2,2H3,(H,17,18). The van der Waals surface area contributed by atoms with Crippen LogP contribution in [0, 0.1) is 0 Å². The van der Waals surface area contributed by atoms with Gasteiger partial charge < -0.3 is 15.0 Å². The SMILES string of the molecule is C=CNC(=NC)C(O)c1cccc2cc3n(c12)CCC3. The third kappa shape index (κ3) is 1.93. The lowest BCUT2D eigenvalue weighted by molar-refractivity contribution is 0.245. The Morgan fingerprint density at radius 1 is 1.55 bits per heavy atom. The molecular weight excluding hydrogens is 250 g/mol. The van der Waals surface area contributed by atoms with Crippen LogP contribution in [0.3, 0.4) is 0 Å². The number of rotatable bonds is 3. The summed E-state index contributed by atoms with van der Waals surface area (Å²) in [5.41, 5.74) is 3.37. The Morgan fingerprint density at radius 3 is 3.15 bits per heavy atom. The highest BCUT2D eigenvalue weighted by Gasteiger charge is 2.22. The third-order valence-electron chi connectivity index (χ3n) is 3.90. The van der Waals surface area contributed by atoms with Crippen LogP contribution in [-0.4, -0.2) is 22.6 Å². The minimum absolute atomic E-state index is 0.515. The van der Waals surface area contributed by atoms with Crippen molar-refractivity contribution in [3.05, 3.63) is 48.3 Å². The monoisotopic (exact) mass is 269 g/mol. The van der Waals surface area contributed by atoms with Gasteiger partial charge in [0.1, 0.15) is 11.9 Å². The van der Waals surface area contributed by atoms with E-state index in [-0.39, 0.29) is 0 Å². The molecule has 0 saturated carbocycles. The summed E-state index contributed by atoms with van der Waals surface area (Å²) in [6.45, 7) is 4.65. The van der Waals surface area contributed by atoms with Crippen molar-refractivity contribution in [3.8, 4) is 0 Å². The fourth-order valence-corrected chi connectivity index (χ4v) is 3.03. The Labute approximate surface area is 118 Å². The molecule has 2 N–H and O–H groups in total. The number of aromatic nitrogens is 1. The lowest BCUT2D eigenvalue weighted by Crippen LogP contribution is -2.25. The summed E-state index contributed by atoms with van der Waals surface area (Å²) in [7, 11) is 1.66. The second-order valence-corrected chi connectivity index (χ2v) is 5.04. The van der Waals surface area contributed by atoms with E-state index >= 15 is 0 Å². The molecule has 2 heterocycles. The minimum atomic E-state index is -0.763. The maximum Gasteiger partial charge on any atom is 0.138 e. The first-order chi connectivity index (χ1) is 9.76. The van der Waals surface area contributed by atoms with Crippen molar-refractivity contribution in [1.82, 2.24) is 9.88 Å². The number of hydrogen-bond acceptors (Lipinski definition) is 2. The number of fused-ring (bicyclic) bond motifs is 3. The number of aliphatic hydroxyl groups is 1. The summed E-state index contributed by atoms with van der Waals surface area (Å²) >= 11 is 0. The molecule has 0 saturated heterocycles. The minimum Gasteiger partial charge on any atom is -0.380 e. The van der Waals surface area contributed by atoms with Crippen LogP contribution in [0.15, 0.2) is 42.0 Å². The average molecular weight is 269 g/mol. The molecule has 3 rings (SSSR count). The van der Waals surface area contributed by atoms with E-state index in [1.807, 2.05) is 12.1 Å². The van der Waals surface area contributed by atoms with Crippen molar-refractivity contribution >= 4 is 16.7 Å². The van der Waals surface area contributed by atoms with Gasteiger partial charge in [0.15, 0.2) is 0 Å². The van der Waals surface area contributed by atoms with E-state index in [0.717, 1.165) is 24.0 Å². The van der Waals surface area contributed by atoms with E-state index in [9.17, 15) is 5.11 Å². The normalized spacial score (nSPS) is 16.2. The van der Waals surface area contributed by atoms with Crippen LogP contribution in [0.1, 0.15) is 23.8 Å². The first-order valence-electron chi connectivity index (χ1n) is 6.89. The van der Waals surface area contributed by atoms with Gasteiger partial charge in [-0.05, 0) is 25.1 Å². The van der Waals surface area contributed by atoms with Gasteiger partial charge in [-0.15, -0.1) is 0 Å². The van der Waals surface area contributed by atoms with Crippen molar-refractivity contribution in [2.75, 3.05) is 7.05 Å². The second kappa shape index (κ2) is 5.13. The number of benzene rings is 1. The van der Waals surface area contributed by atoms with E-state index < -0.39 is 6.10 Å². The van der Waals surface area contributed by atoms with Gasteiger partial charge in [0.25, 0.3) is 0 Å². The number of aliphatic hydroxyl groups excluding tert-OH is 1. The first kappa shape index (κ1) is 12.9. The van der Waals surface area contributed by atoms with Gasteiger partial charge in [-0.2, -0.15) is 0 Å². The Morgan fingerprint density at radius 2 is 2.40 bits per heavy atom. The number of nitrogens with one attached hydrogen (secondary N) is 1. The highest BCUT2D eigenvalue weighted by atomic mass is 16.3. The predicted molar refractivity (Wildman–Crippen MR) is 81.9 cm³/mol. The number of amidine groups is 1. The molecule has 104 valence electrons. The van der Waals surface area contributed by atoms with Crippen molar-refractivity contribution < 1.29 is 5.11 Å². The lowest BCUT2D eigenvalue weighted by Gasteiger charge is -2.16. The highest BCUT2D eigenvalue weighted by molar-refractivity contribution is 5.94. The second-order valence-electron chi connectivity index (χ2n) is 5.04. The fraction of sp³-hybridized carbons (Fsp3) is 0.312. The predicted octanol–water partition coefficient (Wildman–Crippen LogP) is 2.38. The Balaban J connectivity index is 2.14. The van der Waals surface area contributed by atoms with Gasteiger partial charge in [-0.3, -0.25) is 4.99 Å². The largest absolute Gasteiger partial charge is 0.380 e. The Hall–Kier alpha value is -2.07. The number of aliphatic imine (C=N–C) groups is 1. The molecule has 1 unspecified atom stereocenters. The van der Waals surface area contributed by atoms with Crippen molar-refractivity contribution in [2.45, 2.75) is 25.5 Å². The van der Waals surface area contributed by atoms with Crippen LogP contribution in [0.2, 0.25) is 0 Å². The van der Waals surface area contributed by atoms with E-state index in [1.54, 1.807) is 7.05 Å². The summed E-state index contributed by atoms with van der Waals surface area (Å²) in [5.74, 6) is 0.515. The van der Waals surface area contributed by atoms with Crippen LogP contribution in [0.5, 0.6) is 0 Å². The van der Waals surface area contributed by atoms with E-state index in [1.165, 1.54) is 23.7 Å². The number of para-hydroxylation sites is 1. The van der Waals surface area contributed by atoms with E-state index in [0.29, 0.717) is 5.84 Å². The maximum atomic E-state index is 10.6. The first-order valence-corrected chi connectivity index (χ1v) is 6.89. The molecule has 20 heavy (non-hydrogen) atoms. The lowest BCUT2D eigenvalue weighted by atomic mass is 10.0. The Kier molecular flexibility index (Phi) is 3.32. The molecule has 1 atom stereocenters. The molecule has 0 spiro atoms. The van der Waals surface area contributed by atoms with E-state index in [2.05, 4.69) is 33.6 Å². The van der Waals surface area contributed by atoms with Crippen LogP contribution >= 0.6 is 0 Å². The molecule has 1 aromatic carbocycles. The zero-order valence-electron chi connectivity index (χ0n) is 11.6. The summed E-state index contributed by atoms with van der Waals surface area (Å²) in [4.78, 5) is 4.11. The molecule has 4 nitrogen and oxygen atoms in total. The molecule has 0 aliphatic carbocycles. The van der Waals surface area contributed by atoms with Crippen LogP contribution in [-0.2, 0) is 13.0 Å². The zero-order chi connectivity index (χ0) is 14.1.